The minimum atomic E-state index is -0.850. The topological polar surface area (TPSA) is 52.6 Å². The van der Waals surface area contributed by atoms with Crippen molar-refractivity contribution in [1.29, 1.82) is 0 Å². The number of aromatic carboxylic acids is 1. The molecule has 24 heavy (non-hydrogen) atoms. The Morgan fingerprint density at radius 2 is 1.79 bits per heavy atom. The molecule has 2 fully saturated rings. The van der Waals surface area contributed by atoms with Crippen molar-refractivity contribution < 1.29 is 9.90 Å². The first-order valence-electron chi connectivity index (χ1n) is 9.48. The van der Waals surface area contributed by atoms with Crippen LogP contribution in [-0.4, -0.2) is 48.2 Å². The highest BCUT2D eigenvalue weighted by Crippen LogP contribution is 2.22. The highest BCUT2D eigenvalue weighted by Gasteiger charge is 2.24. The lowest BCUT2D eigenvalue weighted by Gasteiger charge is -2.32. The number of nitrogens with zero attached hydrogens (tertiary/aromatic N) is 1. The van der Waals surface area contributed by atoms with Crippen molar-refractivity contribution in [2.24, 2.45) is 5.92 Å². The fraction of sp³-hybridized carbons (Fsp3) is 0.650. The Morgan fingerprint density at radius 1 is 1.08 bits per heavy atom. The minimum Gasteiger partial charge on any atom is -0.478 e. The lowest BCUT2D eigenvalue weighted by molar-refractivity contribution is 0.0697. The molecule has 1 aliphatic heterocycles. The van der Waals surface area contributed by atoms with Gasteiger partial charge in [0.25, 0.3) is 0 Å². The molecular formula is C20H30N2O2. The van der Waals surface area contributed by atoms with Crippen molar-refractivity contribution in [3.63, 3.8) is 0 Å². The Kier molecular flexibility index (Phi) is 6.27. The summed E-state index contributed by atoms with van der Waals surface area (Å²) in [4.78, 5) is 13.5. The number of hydrogen-bond donors (Lipinski definition) is 2. The molecule has 2 N–H and O–H groups in total. The maximum Gasteiger partial charge on any atom is 0.335 e. The van der Waals surface area contributed by atoms with Crippen molar-refractivity contribution in [1.82, 2.24) is 10.2 Å². The van der Waals surface area contributed by atoms with E-state index in [2.05, 4.69) is 10.2 Å². The van der Waals surface area contributed by atoms with Crippen LogP contribution in [0.5, 0.6) is 0 Å². The fourth-order valence-electron chi connectivity index (χ4n) is 3.51. The zero-order valence-corrected chi connectivity index (χ0v) is 14.5. The third kappa shape index (κ3) is 5.60. The highest BCUT2D eigenvalue weighted by atomic mass is 16.4. The Hall–Kier alpha value is -1.39. The van der Waals surface area contributed by atoms with Crippen molar-refractivity contribution in [3.8, 4) is 0 Å². The number of likely N-dealkylation sites (tertiary alicyclic amines) is 1. The van der Waals surface area contributed by atoms with Gasteiger partial charge in [-0.25, -0.2) is 4.79 Å². The van der Waals surface area contributed by atoms with Crippen molar-refractivity contribution >= 4 is 5.97 Å². The fourth-order valence-corrected chi connectivity index (χ4v) is 3.51. The molecule has 4 heteroatoms. The summed E-state index contributed by atoms with van der Waals surface area (Å²) in [5.41, 5.74) is 1.61. The monoisotopic (exact) mass is 330 g/mol. The number of carboxylic acids is 1. The van der Waals surface area contributed by atoms with E-state index < -0.39 is 5.97 Å². The molecule has 1 saturated heterocycles. The van der Waals surface area contributed by atoms with Gasteiger partial charge in [0.1, 0.15) is 0 Å². The Labute approximate surface area is 145 Å². The van der Waals surface area contributed by atoms with Gasteiger partial charge in [-0.1, -0.05) is 12.1 Å². The molecule has 1 aliphatic carbocycles. The molecule has 3 rings (SSSR count). The van der Waals surface area contributed by atoms with Gasteiger partial charge < -0.3 is 15.3 Å². The molecule has 0 spiro atoms. The van der Waals surface area contributed by atoms with E-state index in [9.17, 15) is 4.79 Å². The van der Waals surface area contributed by atoms with Crippen LogP contribution < -0.4 is 5.32 Å². The van der Waals surface area contributed by atoms with Crippen LogP contribution in [0, 0.1) is 5.92 Å². The van der Waals surface area contributed by atoms with Crippen molar-refractivity contribution in [2.45, 2.75) is 51.0 Å². The second kappa shape index (κ2) is 8.63. The largest absolute Gasteiger partial charge is 0.478 e. The molecule has 1 saturated carbocycles. The molecule has 0 amide bonds. The summed E-state index contributed by atoms with van der Waals surface area (Å²) >= 11 is 0. The van der Waals surface area contributed by atoms with Gasteiger partial charge in [0.15, 0.2) is 0 Å². The molecule has 0 atom stereocenters. The van der Waals surface area contributed by atoms with E-state index in [1.165, 1.54) is 70.3 Å². The first kappa shape index (κ1) is 17.4. The van der Waals surface area contributed by atoms with Crippen LogP contribution in [0.3, 0.4) is 0 Å². The average molecular weight is 330 g/mol. The summed E-state index contributed by atoms with van der Waals surface area (Å²) in [5.74, 6) is 0.0342. The van der Waals surface area contributed by atoms with Crippen LogP contribution in [0.4, 0.5) is 0 Å². The summed E-state index contributed by atoms with van der Waals surface area (Å²) in [7, 11) is 0. The van der Waals surface area contributed by atoms with E-state index in [0.29, 0.717) is 5.56 Å². The zero-order valence-electron chi connectivity index (χ0n) is 14.5. The van der Waals surface area contributed by atoms with Crippen LogP contribution in [0.15, 0.2) is 24.3 Å². The second-order valence-corrected chi connectivity index (χ2v) is 7.43. The lowest BCUT2D eigenvalue weighted by atomic mass is 9.96. The van der Waals surface area contributed by atoms with Crippen LogP contribution in [-0.2, 0) is 6.42 Å². The van der Waals surface area contributed by atoms with E-state index in [-0.39, 0.29) is 0 Å². The number of rotatable bonds is 9. The maximum atomic E-state index is 10.8. The third-order valence-corrected chi connectivity index (χ3v) is 5.37. The van der Waals surface area contributed by atoms with Crippen molar-refractivity contribution in [2.75, 3.05) is 26.2 Å². The standard InChI is InChI=1S/C20H30N2O2/c23-20(24)18-6-4-16(5-7-18)3-1-2-12-22-13-10-17(11-14-22)15-21-19-8-9-19/h4-7,17,19,21H,1-3,8-15H2,(H,23,24). The minimum absolute atomic E-state index is 0.373. The molecule has 0 radical (unpaired) electrons. The predicted octanol–water partition coefficient (Wildman–Crippen LogP) is 3.17. The van der Waals surface area contributed by atoms with Crippen LogP contribution in [0.2, 0.25) is 0 Å². The van der Waals surface area contributed by atoms with Gasteiger partial charge in [-0.15, -0.1) is 0 Å². The number of unbranched alkanes of at least 4 members (excludes halogenated alkanes) is 1. The predicted molar refractivity (Wildman–Crippen MR) is 96.5 cm³/mol. The average Bonchev–Trinajstić information content (AvgIpc) is 3.43. The summed E-state index contributed by atoms with van der Waals surface area (Å²) < 4.78 is 0. The number of benzene rings is 1. The van der Waals surface area contributed by atoms with Crippen molar-refractivity contribution in [3.05, 3.63) is 35.4 Å². The van der Waals surface area contributed by atoms with Gasteiger partial charge in [0.2, 0.25) is 0 Å². The van der Waals surface area contributed by atoms with E-state index in [4.69, 9.17) is 5.11 Å². The van der Waals surface area contributed by atoms with E-state index in [1.54, 1.807) is 12.1 Å². The van der Waals surface area contributed by atoms with Gasteiger partial charge in [0.05, 0.1) is 5.56 Å². The maximum absolute atomic E-state index is 10.8. The Balaban J connectivity index is 1.26. The summed E-state index contributed by atoms with van der Waals surface area (Å²) in [5, 5.41) is 12.6. The normalized spacial score (nSPS) is 19.5. The van der Waals surface area contributed by atoms with Crippen LogP contribution in [0.25, 0.3) is 0 Å². The number of nitrogens with one attached hydrogen (secondary N) is 1. The highest BCUT2D eigenvalue weighted by molar-refractivity contribution is 5.87. The Morgan fingerprint density at radius 3 is 2.42 bits per heavy atom. The molecule has 132 valence electrons. The van der Waals surface area contributed by atoms with Crippen LogP contribution >= 0.6 is 0 Å². The first-order chi connectivity index (χ1) is 11.7. The molecule has 0 bridgehead atoms. The molecule has 1 heterocycles. The quantitative estimate of drug-likeness (QED) is 0.683. The first-order valence-corrected chi connectivity index (χ1v) is 9.48. The van der Waals surface area contributed by atoms with Gasteiger partial charge >= 0.3 is 5.97 Å². The number of aryl methyl sites for hydroxylation is 1. The number of hydrogen-bond acceptors (Lipinski definition) is 3. The number of piperidine rings is 1. The summed E-state index contributed by atoms with van der Waals surface area (Å²) in [6.45, 7) is 4.94. The Bertz CT molecular complexity index is 517. The van der Waals surface area contributed by atoms with Gasteiger partial charge in [-0.2, -0.15) is 0 Å². The second-order valence-electron chi connectivity index (χ2n) is 7.43. The molecular weight excluding hydrogens is 300 g/mol. The molecule has 1 aromatic rings. The third-order valence-electron chi connectivity index (χ3n) is 5.37. The molecule has 1 aromatic carbocycles. The van der Waals surface area contributed by atoms with Gasteiger partial charge in [-0.05, 0) is 94.7 Å². The molecule has 0 aromatic heterocycles. The number of carbonyl (C=O) groups is 1. The smallest absolute Gasteiger partial charge is 0.335 e. The van der Waals surface area contributed by atoms with Crippen LogP contribution in [0.1, 0.15) is 54.4 Å². The SMILES string of the molecule is O=C(O)c1ccc(CCCCN2CCC(CNC3CC3)CC2)cc1. The van der Waals surface area contributed by atoms with Gasteiger partial charge in [0, 0.05) is 6.04 Å². The zero-order chi connectivity index (χ0) is 16.8. The summed E-state index contributed by atoms with van der Waals surface area (Å²) in [6, 6.07) is 8.15. The van der Waals surface area contributed by atoms with E-state index in [0.717, 1.165) is 18.4 Å². The molecule has 0 unspecified atom stereocenters. The van der Waals surface area contributed by atoms with E-state index in [1.807, 2.05) is 12.1 Å². The lowest BCUT2D eigenvalue weighted by Crippen LogP contribution is -2.38. The molecule has 2 aliphatic rings. The molecule has 4 nitrogen and oxygen atoms in total. The number of carboxylic acid groups (broad SMARTS) is 1. The summed E-state index contributed by atoms with van der Waals surface area (Å²) in [6.07, 6.45) is 8.91. The van der Waals surface area contributed by atoms with E-state index >= 15 is 0 Å². The van der Waals surface area contributed by atoms with Gasteiger partial charge in [-0.3, -0.25) is 0 Å².